The Kier molecular flexibility index (Phi) is 12.6. The van der Waals surface area contributed by atoms with E-state index in [0.29, 0.717) is 19.4 Å². The van der Waals surface area contributed by atoms with E-state index in [-0.39, 0.29) is 5.75 Å². The van der Waals surface area contributed by atoms with Gasteiger partial charge in [-0.2, -0.15) is 13.0 Å². The molecule has 8 rings (SSSR count). The molecule has 0 saturated heterocycles. The number of allylic oxidation sites excluding steroid dienone is 9. The van der Waals surface area contributed by atoms with Gasteiger partial charge < -0.3 is 9.80 Å². The van der Waals surface area contributed by atoms with Crippen LogP contribution in [0, 0.1) is 0 Å². The maximum Gasteiger partial charge on any atom is 0.264 e. The molecule has 5 aromatic rings. The molecule has 1 aromatic heterocycles. The van der Waals surface area contributed by atoms with E-state index in [1.165, 1.54) is 64.2 Å². The van der Waals surface area contributed by atoms with Gasteiger partial charge in [0.05, 0.1) is 5.75 Å². The lowest BCUT2D eigenvalue weighted by molar-refractivity contribution is -0.673. The lowest BCUT2D eigenvalue weighted by atomic mass is 9.98. The number of hydrogen-bond donors (Lipinski definition) is 1. The van der Waals surface area contributed by atoms with Crippen LogP contribution in [0.2, 0.25) is 0 Å². The zero-order valence-corrected chi connectivity index (χ0v) is 35.5. The summed E-state index contributed by atoms with van der Waals surface area (Å²) in [5.41, 5.74) is 15.1. The van der Waals surface area contributed by atoms with Crippen LogP contribution >= 0.6 is 0 Å². The van der Waals surface area contributed by atoms with Crippen LogP contribution in [0.3, 0.4) is 0 Å². The molecule has 0 bridgehead atoms. The molecule has 6 nitrogen and oxygen atoms in total. The molecule has 1 aliphatic carbocycles. The van der Waals surface area contributed by atoms with Crippen LogP contribution in [0.5, 0.6) is 0 Å². The summed E-state index contributed by atoms with van der Waals surface area (Å²) < 4.78 is 34.8. The Labute approximate surface area is 356 Å². The van der Waals surface area contributed by atoms with Crippen molar-refractivity contribution in [1.29, 1.82) is 0 Å². The molecule has 304 valence electrons. The third-order valence-electron chi connectivity index (χ3n) is 11.7. The number of likely N-dealkylation sites (N-methyl/N-ethyl adjacent to an activating group) is 1. The summed E-state index contributed by atoms with van der Waals surface area (Å²) in [5, 5.41) is 1.11. The molecule has 60 heavy (non-hydrogen) atoms. The summed E-state index contributed by atoms with van der Waals surface area (Å²) in [6.45, 7) is 6.87. The minimum atomic E-state index is -4.02. The molecule has 0 spiro atoms. The van der Waals surface area contributed by atoms with Crippen LogP contribution in [0.1, 0.15) is 80.3 Å². The molecule has 4 aromatic carbocycles. The summed E-state index contributed by atoms with van der Waals surface area (Å²) in [4.78, 5) is 4.88. The molecular formula is C53H54N3O3S+. The fraction of sp³-hybridized carbons (Fsp3) is 0.226. The van der Waals surface area contributed by atoms with Crippen molar-refractivity contribution in [2.75, 3.05) is 28.6 Å². The standard InChI is InChI=1S/C53H53N3O3S/c1-3-5-6-15-36-55-43(29-26-41-19-8-13-24-52(41)55)32-34-48-46-21-10-11-22-47(46)49(50(48)39-45-31-28-40-18-7-12-23-51(40)54(45)4-2)35-33-44-30-27-42-20-9-14-25-53(42)56(44)37-16-17-38-60(57,58)59/h7-14,18-35,39H,3-6,15-17,36-38H2,1-2H3/p+1. The summed E-state index contributed by atoms with van der Waals surface area (Å²) in [6.07, 6.45) is 26.2. The second-order valence-corrected chi connectivity index (χ2v) is 17.2. The summed E-state index contributed by atoms with van der Waals surface area (Å²) in [6, 6.07) is 38.6. The Morgan fingerprint density at radius 1 is 0.617 bits per heavy atom. The second-order valence-electron chi connectivity index (χ2n) is 15.6. The van der Waals surface area contributed by atoms with Crippen molar-refractivity contribution in [3.05, 3.63) is 191 Å². The maximum atomic E-state index is 11.5. The van der Waals surface area contributed by atoms with Crippen molar-refractivity contribution >= 4 is 61.8 Å². The maximum absolute atomic E-state index is 11.5. The molecule has 3 heterocycles. The molecular weight excluding hydrogens is 759 g/mol. The van der Waals surface area contributed by atoms with E-state index in [2.05, 4.69) is 180 Å². The predicted octanol–water partition coefficient (Wildman–Crippen LogP) is 12.1. The van der Waals surface area contributed by atoms with Crippen LogP contribution in [-0.4, -0.2) is 31.8 Å². The summed E-state index contributed by atoms with van der Waals surface area (Å²) >= 11 is 0. The molecule has 3 aliphatic rings. The van der Waals surface area contributed by atoms with Gasteiger partial charge in [-0.25, -0.2) is 0 Å². The van der Waals surface area contributed by atoms with E-state index < -0.39 is 10.1 Å². The van der Waals surface area contributed by atoms with E-state index in [4.69, 9.17) is 0 Å². The molecule has 0 unspecified atom stereocenters. The molecule has 0 radical (unpaired) electrons. The number of para-hydroxylation sites is 3. The minimum absolute atomic E-state index is 0.247. The number of unbranched alkanes of at least 4 members (excludes halogenated alkanes) is 4. The summed E-state index contributed by atoms with van der Waals surface area (Å²) in [7, 11) is -4.02. The van der Waals surface area contributed by atoms with E-state index in [0.717, 1.165) is 53.0 Å². The van der Waals surface area contributed by atoms with Crippen molar-refractivity contribution in [2.45, 2.75) is 58.9 Å². The third kappa shape index (κ3) is 8.93. The molecule has 1 N–H and O–H groups in total. The number of nitrogens with zero attached hydrogens (tertiary/aromatic N) is 3. The number of fused-ring (bicyclic) bond motifs is 4. The highest BCUT2D eigenvalue weighted by molar-refractivity contribution is 7.85. The van der Waals surface area contributed by atoms with Gasteiger partial charge in [0.2, 0.25) is 11.2 Å². The van der Waals surface area contributed by atoms with Gasteiger partial charge >= 0.3 is 0 Å². The van der Waals surface area contributed by atoms with Crippen molar-refractivity contribution in [1.82, 2.24) is 0 Å². The fourth-order valence-corrected chi connectivity index (χ4v) is 9.31. The van der Waals surface area contributed by atoms with E-state index >= 15 is 0 Å². The van der Waals surface area contributed by atoms with Gasteiger partial charge in [0.25, 0.3) is 10.1 Å². The van der Waals surface area contributed by atoms with E-state index in [9.17, 15) is 13.0 Å². The Morgan fingerprint density at radius 2 is 1.30 bits per heavy atom. The quantitative estimate of drug-likeness (QED) is 0.0648. The lowest BCUT2D eigenvalue weighted by Crippen LogP contribution is -2.38. The van der Waals surface area contributed by atoms with Crippen molar-refractivity contribution in [2.24, 2.45) is 0 Å². The third-order valence-corrected chi connectivity index (χ3v) is 12.5. The lowest BCUT2D eigenvalue weighted by Gasteiger charge is -2.30. The van der Waals surface area contributed by atoms with Crippen LogP contribution < -0.4 is 14.4 Å². The van der Waals surface area contributed by atoms with Gasteiger partial charge in [0, 0.05) is 65.9 Å². The van der Waals surface area contributed by atoms with Gasteiger partial charge in [-0.15, -0.1) is 0 Å². The zero-order valence-electron chi connectivity index (χ0n) is 34.7. The summed E-state index contributed by atoms with van der Waals surface area (Å²) in [5.74, 6) is -0.247. The Balaban J connectivity index is 1.26. The smallest absolute Gasteiger partial charge is 0.264 e. The number of aryl methyl sites for hydroxylation is 1. The Morgan fingerprint density at radius 3 is 2.05 bits per heavy atom. The molecule has 2 aliphatic heterocycles. The van der Waals surface area contributed by atoms with Gasteiger partial charge in [-0.05, 0) is 113 Å². The van der Waals surface area contributed by atoms with Crippen molar-refractivity contribution < 1.29 is 17.5 Å². The first-order chi connectivity index (χ1) is 29.3. The SMILES string of the molecule is CCCCCCN1C(=CC=C2C(C=C3C=Cc4ccccc4N3CC)=C(C=Cc3ccc4ccccc4[n+]3CCCCS(=O)(=O)O)c3ccccc32)C=Cc2ccccc21. The molecule has 0 fully saturated rings. The predicted molar refractivity (Wildman–Crippen MR) is 252 cm³/mol. The highest BCUT2D eigenvalue weighted by Crippen LogP contribution is 2.45. The topological polar surface area (TPSA) is 64.7 Å². The normalized spacial score (nSPS) is 16.8. The number of rotatable bonds is 15. The van der Waals surface area contributed by atoms with Crippen LogP contribution in [-0.2, 0) is 16.7 Å². The van der Waals surface area contributed by atoms with Gasteiger partial charge in [-0.1, -0.05) is 117 Å². The Bertz CT molecular complexity index is 2730. The first-order valence-corrected chi connectivity index (χ1v) is 23.1. The number of benzene rings is 4. The second kappa shape index (κ2) is 18.5. The monoisotopic (exact) mass is 812 g/mol. The molecule has 0 amide bonds. The van der Waals surface area contributed by atoms with Gasteiger partial charge in [0.15, 0.2) is 0 Å². The average molecular weight is 813 g/mol. The fourth-order valence-electron chi connectivity index (χ4n) is 8.74. The van der Waals surface area contributed by atoms with Crippen LogP contribution in [0.4, 0.5) is 11.4 Å². The first kappa shape index (κ1) is 40.7. The first-order valence-electron chi connectivity index (χ1n) is 21.4. The van der Waals surface area contributed by atoms with Gasteiger partial charge in [-0.3, -0.25) is 4.55 Å². The number of aromatic nitrogens is 1. The van der Waals surface area contributed by atoms with Crippen molar-refractivity contribution in [3.63, 3.8) is 0 Å². The van der Waals surface area contributed by atoms with Crippen LogP contribution in [0.15, 0.2) is 163 Å². The molecule has 0 atom stereocenters. The highest BCUT2D eigenvalue weighted by atomic mass is 32.2. The average Bonchev–Trinajstić information content (AvgIpc) is 3.56. The Hall–Kier alpha value is -6.02. The number of pyridine rings is 1. The molecule has 0 saturated carbocycles. The van der Waals surface area contributed by atoms with Crippen LogP contribution in [0.25, 0.3) is 40.3 Å². The largest absolute Gasteiger partial charge is 0.341 e. The molecule has 7 heteroatoms. The minimum Gasteiger partial charge on any atom is -0.341 e. The number of anilines is 2. The van der Waals surface area contributed by atoms with E-state index in [1.54, 1.807) is 0 Å². The van der Waals surface area contributed by atoms with Crippen molar-refractivity contribution in [3.8, 4) is 0 Å². The van der Waals surface area contributed by atoms with E-state index in [1.807, 2.05) is 12.1 Å². The zero-order chi connectivity index (χ0) is 41.5. The van der Waals surface area contributed by atoms with Gasteiger partial charge in [0.1, 0.15) is 6.54 Å². The highest BCUT2D eigenvalue weighted by Gasteiger charge is 2.26. The number of hydrogen-bond acceptors (Lipinski definition) is 4.